The second kappa shape index (κ2) is 16.0. The van der Waals surface area contributed by atoms with Gasteiger partial charge in [-0.3, -0.25) is 9.59 Å². The molecule has 2 N–H and O–H groups in total. The zero-order valence-corrected chi connectivity index (χ0v) is 23.0. The summed E-state index contributed by atoms with van der Waals surface area (Å²) in [5.41, 5.74) is 6.59. The first kappa shape index (κ1) is 28.5. The average molecular weight is 610 g/mol. The molecule has 0 saturated heterocycles. The van der Waals surface area contributed by atoms with Crippen LogP contribution in [0.3, 0.4) is 0 Å². The van der Waals surface area contributed by atoms with Crippen LogP contribution >= 0.6 is 31.9 Å². The Morgan fingerprint density at radius 3 is 1.60 bits per heavy atom. The van der Waals surface area contributed by atoms with Gasteiger partial charge in [0.25, 0.3) is 0 Å². The minimum absolute atomic E-state index is 0.178. The molecule has 0 aliphatic rings. The largest absolute Gasteiger partial charge is 0.493 e. The predicted molar refractivity (Wildman–Crippen MR) is 145 cm³/mol. The Morgan fingerprint density at radius 2 is 1.20 bits per heavy atom. The predicted octanol–water partition coefficient (Wildman–Crippen LogP) is 5.56. The SMILES string of the molecule is CCOc1ccc(Br)cc1/C=N/NC(=O)CCCCCC(=O)N/N=C/c1cc(Br)ccc1OCC. The number of carbonyl (C=O) groups excluding carboxylic acids is 2. The molecule has 0 atom stereocenters. The van der Waals surface area contributed by atoms with Crippen LogP contribution in [0.5, 0.6) is 11.5 Å². The van der Waals surface area contributed by atoms with Crippen molar-refractivity contribution in [2.45, 2.75) is 46.0 Å². The van der Waals surface area contributed by atoms with Gasteiger partial charge in [-0.15, -0.1) is 0 Å². The molecule has 0 bridgehead atoms. The van der Waals surface area contributed by atoms with E-state index in [1.165, 1.54) is 0 Å². The lowest BCUT2D eigenvalue weighted by atomic mass is 10.1. The first-order valence-electron chi connectivity index (χ1n) is 11.4. The van der Waals surface area contributed by atoms with Gasteiger partial charge in [-0.1, -0.05) is 38.3 Å². The van der Waals surface area contributed by atoms with Crippen LogP contribution in [0.25, 0.3) is 0 Å². The van der Waals surface area contributed by atoms with Crippen LogP contribution < -0.4 is 20.3 Å². The highest BCUT2D eigenvalue weighted by Crippen LogP contribution is 2.22. The number of carbonyl (C=O) groups is 2. The van der Waals surface area contributed by atoms with E-state index in [-0.39, 0.29) is 11.8 Å². The summed E-state index contributed by atoms with van der Waals surface area (Å²) in [6, 6.07) is 11.2. The van der Waals surface area contributed by atoms with Crippen molar-refractivity contribution in [3.8, 4) is 11.5 Å². The van der Waals surface area contributed by atoms with E-state index in [2.05, 4.69) is 52.9 Å². The average Bonchev–Trinajstić information content (AvgIpc) is 2.82. The number of amides is 2. The normalized spacial score (nSPS) is 11.1. The number of nitrogens with zero attached hydrogens (tertiary/aromatic N) is 2. The number of unbranched alkanes of at least 4 members (excludes halogenated alkanes) is 2. The molecule has 10 heteroatoms. The summed E-state index contributed by atoms with van der Waals surface area (Å²) in [6.07, 6.45) is 5.85. The molecule has 8 nitrogen and oxygen atoms in total. The van der Waals surface area contributed by atoms with Gasteiger partial charge >= 0.3 is 0 Å². The Labute approximate surface area is 222 Å². The monoisotopic (exact) mass is 608 g/mol. The molecule has 0 aromatic heterocycles. The van der Waals surface area contributed by atoms with Gasteiger partial charge in [0.1, 0.15) is 11.5 Å². The summed E-state index contributed by atoms with van der Waals surface area (Å²) in [5.74, 6) is 1.04. The first-order valence-corrected chi connectivity index (χ1v) is 13.0. The Hall–Kier alpha value is -2.72. The van der Waals surface area contributed by atoms with Gasteiger partial charge in [0.15, 0.2) is 0 Å². The van der Waals surface area contributed by atoms with Crippen molar-refractivity contribution >= 4 is 56.1 Å². The van der Waals surface area contributed by atoms with Gasteiger partial charge in [0.05, 0.1) is 25.6 Å². The fraction of sp³-hybridized carbons (Fsp3) is 0.360. The van der Waals surface area contributed by atoms with Crippen molar-refractivity contribution in [3.63, 3.8) is 0 Å². The van der Waals surface area contributed by atoms with Crippen molar-refractivity contribution in [1.29, 1.82) is 0 Å². The summed E-state index contributed by atoms with van der Waals surface area (Å²) in [6.45, 7) is 4.89. The molecule has 0 radical (unpaired) electrons. The maximum atomic E-state index is 12.0. The highest BCUT2D eigenvalue weighted by Gasteiger charge is 2.05. The first-order chi connectivity index (χ1) is 16.9. The summed E-state index contributed by atoms with van der Waals surface area (Å²) in [7, 11) is 0. The van der Waals surface area contributed by atoms with E-state index in [0.717, 1.165) is 26.5 Å². The molecule has 2 amide bonds. The molecule has 2 rings (SSSR count). The Bertz CT molecular complexity index is 963. The third-order valence-corrected chi connectivity index (χ3v) is 5.62. The molecule has 35 heavy (non-hydrogen) atoms. The van der Waals surface area contributed by atoms with Crippen LogP contribution in [0.4, 0.5) is 0 Å². The van der Waals surface area contributed by atoms with Crippen molar-refractivity contribution in [2.75, 3.05) is 13.2 Å². The topological polar surface area (TPSA) is 101 Å². The smallest absolute Gasteiger partial charge is 0.240 e. The second-order valence-corrected chi connectivity index (χ2v) is 9.21. The summed E-state index contributed by atoms with van der Waals surface area (Å²) in [4.78, 5) is 24.0. The number of hydrogen-bond donors (Lipinski definition) is 2. The zero-order valence-electron chi connectivity index (χ0n) is 19.9. The number of rotatable bonds is 14. The minimum Gasteiger partial charge on any atom is -0.493 e. The maximum absolute atomic E-state index is 12.0. The molecule has 0 fully saturated rings. The molecule has 188 valence electrons. The lowest BCUT2D eigenvalue weighted by Gasteiger charge is -2.07. The number of halogens is 2. The van der Waals surface area contributed by atoms with Crippen molar-refractivity contribution < 1.29 is 19.1 Å². The van der Waals surface area contributed by atoms with Gasteiger partial charge in [-0.2, -0.15) is 10.2 Å². The number of nitrogens with one attached hydrogen (secondary N) is 2. The Morgan fingerprint density at radius 1 is 0.771 bits per heavy atom. The van der Waals surface area contributed by atoms with E-state index in [0.29, 0.717) is 50.4 Å². The van der Waals surface area contributed by atoms with E-state index in [1.807, 2.05) is 50.2 Å². The van der Waals surface area contributed by atoms with Crippen LogP contribution in [0.15, 0.2) is 55.5 Å². The molecule has 0 spiro atoms. The molecule has 0 heterocycles. The molecule has 0 unspecified atom stereocenters. The minimum atomic E-state index is -0.178. The zero-order chi connectivity index (χ0) is 25.5. The summed E-state index contributed by atoms with van der Waals surface area (Å²) in [5, 5.41) is 8.03. The lowest BCUT2D eigenvalue weighted by Crippen LogP contribution is -2.18. The van der Waals surface area contributed by atoms with Crippen LogP contribution in [0, 0.1) is 0 Å². The highest BCUT2D eigenvalue weighted by atomic mass is 79.9. The fourth-order valence-electron chi connectivity index (χ4n) is 3.02. The van der Waals surface area contributed by atoms with Crippen LogP contribution in [0.1, 0.15) is 57.1 Å². The Kier molecular flexibility index (Phi) is 13.1. The molecular formula is C25H30Br2N4O4. The lowest BCUT2D eigenvalue weighted by molar-refractivity contribution is -0.121. The quantitative estimate of drug-likeness (QED) is 0.166. The maximum Gasteiger partial charge on any atom is 0.240 e. The summed E-state index contributed by atoms with van der Waals surface area (Å²) >= 11 is 6.83. The number of benzene rings is 2. The number of hydrazone groups is 2. The van der Waals surface area contributed by atoms with Crippen LogP contribution in [-0.4, -0.2) is 37.5 Å². The molecule has 2 aromatic carbocycles. The number of ether oxygens (including phenoxy) is 2. The molecule has 2 aromatic rings. The second-order valence-electron chi connectivity index (χ2n) is 7.38. The fourth-order valence-corrected chi connectivity index (χ4v) is 3.78. The van der Waals surface area contributed by atoms with E-state index < -0.39 is 0 Å². The molecule has 0 aliphatic heterocycles. The van der Waals surface area contributed by atoms with E-state index in [4.69, 9.17) is 9.47 Å². The third-order valence-electron chi connectivity index (χ3n) is 4.64. The van der Waals surface area contributed by atoms with E-state index >= 15 is 0 Å². The molecule has 0 aliphatic carbocycles. The van der Waals surface area contributed by atoms with Gasteiger partial charge in [0.2, 0.25) is 11.8 Å². The molecule has 0 saturated carbocycles. The van der Waals surface area contributed by atoms with Gasteiger partial charge in [0, 0.05) is 32.9 Å². The van der Waals surface area contributed by atoms with E-state index in [1.54, 1.807) is 12.4 Å². The van der Waals surface area contributed by atoms with Crippen molar-refractivity contribution in [1.82, 2.24) is 10.9 Å². The van der Waals surface area contributed by atoms with Crippen LogP contribution in [0.2, 0.25) is 0 Å². The van der Waals surface area contributed by atoms with Gasteiger partial charge in [-0.25, -0.2) is 10.9 Å². The van der Waals surface area contributed by atoms with E-state index in [9.17, 15) is 9.59 Å². The summed E-state index contributed by atoms with van der Waals surface area (Å²) < 4.78 is 12.9. The third kappa shape index (κ3) is 11.0. The van der Waals surface area contributed by atoms with Gasteiger partial charge in [-0.05, 0) is 63.1 Å². The Balaban J connectivity index is 1.65. The van der Waals surface area contributed by atoms with Gasteiger partial charge < -0.3 is 9.47 Å². The number of hydrogen-bond acceptors (Lipinski definition) is 6. The van der Waals surface area contributed by atoms with Crippen LogP contribution in [-0.2, 0) is 9.59 Å². The van der Waals surface area contributed by atoms with Crippen molar-refractivity contribution in [2.24, 2.45) is 10.2 Å². The highest BCUT2D eigenvalue weighted by molar-refractivity contribution is 9.10. The van der Waals surface area contributed by atoms with Crippen molar-refractivity contribution in [3.05, 3.63) is 56.5 Å². The standard InChI is InChI=1S/C25H30Br2N4O4/c1-3-34-22-12-10-20(26)14-18(22)16-28-30-24(32)8-6-5-7-9-25(33)31-29-17-19-15-21(27)11-13-23(19)35-4-2/h10-17H,3-9H2,1-2H3,(H,30,32)(H,31,33)/b28-16+,29-17+. The molecular weight excluding hydrogens is 580 g/mol.